The van der Waals surface area contributed by atoms with Crippen LogP contribution in [0, 0.1) is 23.2 Å². The molecule has 6 nitrogen and oxygen atoms in total. The molecule has 2 aromatic rings. The third-order valence-corrected chi connectivity index (χ3v) is 6.71. The highest BCUT2D eigenvalue weighted by Gasteiger charge is 2.31. The molecule has 2 aromatic carbocycles. The molecule has 1 N–H and O–H groups in total. The maximum atomic E-state index is 12.9. The number of carbonyl (C=O) groups is 1. The van der Waals surface area contributed by atoms with Crippen molar-refractivity contribution >= 4 is 21.6 Å². The molecule has 3 rings (SSSR count). The van der Waals surface area contributed by atoms with Gasteiger partial charge in [0.25, 0.3) is 5.91 Å². The van der Waals surface area contributed by atoms with Crippen LogP contribution in [0.15, 0.2) is 53.4 Å². The number of piperidine rings is 1. The smallest absolute Gasteiger partial charge is 0.255 e. The lowest BCUT2D eigenvalue weighted by molar-refractivity contribution is 0.102. The Morgan fingerprint density at radius 3 is 2.14 bits per heavy atom. The number of nitrogens with zero attached hydrogens (tertiary/aromatic N) is 2. The van der Waals surface area contributed by atoms with E-state index in [0.29, 0.717) is 41.7 Å². The topological polar surface area (TPSA) is 90.3 Å². The fourth-order valence-electron chi connectivity index (χ4n) is 3.56. The predicted molar refractivity (Wildman–Crippen MR) is 107 cm³/mol. The molecule has 1 amide bonds. The van der Waals surface area contributed by atoms with E-state index in [1.165, 1.54) is 12.1 Å². The van der Waals surface area contributed by atoms with Gasteiger partial charge >= 0.3 is 0 Å². The first-order valence-electron chi connectivity index (χ1n) is 9.21. The molecule has 2 atom stereocenters. The average Bonchev–Trinajstić information content (AvgIpc) is 2.67. The van der Waals surface area contributed by atoms with Gasteiger partial charge in [0.05, 0.1) is 16.5 Å². The molecule has 0 spiro atoms. The molecule has 7 heteroatoms. The first kappa shape index (κ1) is 20.1. The average molecular weight is 398 g/mol. The first-order valence-corrected chi connectivity index (χ1v) is 10.7. The molecule has 0 unspecified atom stereocenters. The van der Waals surface area contributed by atoms with Gasteiger partial charge < -0.3 is 5.32 Å². The molecule has 0 saturated carbocycles. The number of hydrogen-bond donors (Lipinski definition) is 1. The second-order valence-corrected chi connectivity index (χ2v) is 9.37. The van der Waals surface area contributed by atoms with Gasteiger partial charge in [-0.25, -0.2) is 8.42 Å². The van der Waals surface area contributed by atoms with Crippen molar-refractivity contribution in [1.82, 2.24) is 4.31 Å². The van der Waals surface area contributed by atoms with Crippen LogP contribution in [0.3, 0.4) is 0 Å². The van der Waals surface area contributed by atoms with Crippen molar-refractivity contribution in [1.29, 1.82) is 5.26 Å². The number of amides is 1. The molecule has 1 heterocycles. The van der Waals surface area contributed by atoms with Crippen LogP contribution in [0.5, 0.6) is 0 Å². The number of anilines is 1. The van der Waals surface area contributed by atoms with E-state index in [9.17, 15) is 13.2 Å². The molecule has 0 bridgehead atoms. The monoisotopic (exact) mass is 397 g/mol. The van der Waals surface area contributed by atoms with Crippen LogP contribution < -0.4 is 5.32 Å². The summed E-state index contributed by atoms with van der Waals surface area (Å²) < 4.78 is 27.4. The number of benzene rings is 2. The van der Waals surface area contributed by atoms with Crippen LogP contribution in [0.1, 0.15) is 36.2 Å². The molecule has 0 aromatic heterocycles. The highest BCUT2D eigenvalue weighted by Crippen LogP contribution is 2.27. The summed E-state index contributed by atoms with van der Waals surface area (Å²) >= 11 is 0. The number of rotatable bonds is 4. The van der Waals surface area contributed by atoms with Gasteiger partial charge in [-0.3, -0.25) is 4.79 Å². The third-order valence-electron chi connectivity index (χ3n) is 4.86. The minimum absolute atomic E-state index is 0.227. The zero-order chi connectivity index (χ0) is 20.3. The lowest BCUT2D eigenvalue weighted by Gasteiger charge is -2.34. The summed E-state index contributed by atoms with van der Waals surface area (Å²) in [6.45, 7) is 5.20. The van der Waals surface area contributed by atoms with Gasteiger partial charge in [-0.1, -0.05) is 13.8 Å². The number of hydrogen-bond acceptors (Lipinski definition) is 4. The van der Waals surface area contributed by atoms with Crippen LogP contribution in [0.25, 0.3) is 0 Å². The Labute approximate surface area is 165 Å². The quantitative estimate of drug-likeness (QED) is 0.855. The van der Waals surface area contributed by atoms with E-state index >= 15 is 0 Å². The molecule has 1 aliphatic rings. The van der Waals surface area contributed by atoms with Gasteiger partial charge in [-0.15, -0.1) is 0 Å². The van der Waals surface area contributed by atoms with Gasteiger partial charge in [-0.05, 0) is 66.8 Å². The van der Waals surface area contributed by atoms with Crippen molar-refractivity contribution < 1.29 is 13.2 Å². The Bertz CT molecular complexity index is 983. The SMILES string of the molecule is C[C@@H]1C[C@H](C)CN(S(=O)(=O)c2ccc(NC(=O)c3ccc(C#N)cc3)cc2)C1. The minimum atomic E-state index is -3.54. The molecule has 146 valence electrons. The number of nitrogens with one attached hydrogen (secondary N) is 1. The Kier molecular flexibility index (Phi) is 5.82. The van der Waals surface area contributed by atoms with E-state index < -0.39 is 10.0 Å². The molecular weight excluding hydrogens is 374 g/mol. The minimum Gasteiger partial charge on any atom is -0.322 e. The second-order valence-electron chi connectivity index (χ2n) is 7.44. The first-order chi connectivity index (χ1) is 13.3. The van der Waals surface area contributed by atoms with Crippen molar-refractivity contribution in [3.63, 3.8) is 0 Å². The zero-order valence-corrected chi connectivity index (χ0v) is 16.7. The Morgan fingerprint density at radius 1 is 1.04 bits per heavy atom. The maximum Gasteiger partial charge on any atom is 0.255 e. The summed E-state index contributed by atoms with van der Waals surface area (Å²) in [5.41, 5.74) is 1.41. The van der Waals surface area contributed by atoms with Gasteiger partial charge in [0.2, 0.25) is 10.0 Å². The fraction of sp³-hybridized carbons (Fsp3) is 0.333. The summed E-state index contributed by atoms with van der Waals surface area (Å²) in [5, 5.41) is 11.6. The van der Waals surface area contributed by atoms with Gasteiger partial charge in [0, 0.05) is 24.3 Å². The molecule has 28 heavy (non-hydrogen) atoms. The standard InChI is InChI=1S/C21H23N3O3S/c1-15-11-16(2)14-24(13-15)28(26,27)20-9-7-19(8-10-20)23-21(25)18-5-3-17(12-22)4-6-18/h3-10,15-16H,11,13-14H2,1-2H3,(H,23,25)/t15-,16+. The third kappa shape index (κ3) is 4.41. The normalized spacial score (nSPS) is 20.3. The highest BCUT2D eigenvalue weighted by molar-refractivity contribution is 7.89. The van der Waals surface area contributed by atoms with E-state index in [-0.39, 0.29) is 10.8 Å². The number of carbonyl (C=O) groups excluding carboxylic acids is 1. The molecule has 1 aliphatic heterocycles. The molecule has 0 aliphatic carbocycles. The van der Waals surface area contributed by atoms with E-state index in [4.69, 9.17) is 5.26 Å². The molecule has 0 radical (unpaired) electrons. The van der Waals surface area contributed by atoms with Gasteiger partial charge in [0.1, 0.15) is 0 Å². The Morgan fingerprint density at radius 2 is 1.61 bits per heavy atom. The van der Waals surface area contributed by atoms with Crippen molar-refractivity contribution in [2.24, 2.45) is 11.8 Å². The van der Waals surface area contributed by atoms with Crippen molar-refractivity contribution in [3.8, 4) is 6.07 Å². The van der Waals surface area contributed by atoms with E-state index in [1.54, 1.807) is 40.7 Å². The van der Waals surface area contributed by atoms with Crippen LogP contribution >= 0.6 is 0 Å². The number of sulfonamides is 1. The maximum absolute atomic E-state index is 12.9. The zero-order valence-electron chi connectivity index (χ0n) is 15.9. The number of nitriles is 1. The summed E-state index contributed by atoms with van der Waals surface area (Å²) in [5.74, 6) is 0.354. The van der Waals surface area contributed by atoms with Crippen LogP contribution in [-0.4, -0.2) is 31.7 Å². The lowest BCUT2D eigenvalue weighted by Crippen LogP contribution is -2.42. The highest BCUT2D eigenvalue weighted by atomic mass is 32.2. The van der Waals surface area contributed by atoms with Crippen LogP contribution in [0.4, 0.5) is 5.69 Å². The summed E-state index contributed by atoms with van der Waals surface area (Å²) in [4.78, 5) is 12.5. The Hall–Kier alpha value is -2.69. The molecule has 1 saturated heterocycles. The van der Waals surface area contributed by atoms with Crippen molar-refractivity contribution in [2.45, 2.75) is 25.2 Å². The molecular formula is C21H23N3O3S. The van der Waals surface area contributed by atoms with Crippen LogP contribution in [0.2, 0.25) is 0 Å². The largest absolute Gasteiger partial charge is 0.322 e. The summed E-state index contributed by atoms with van der Waals surface area (Å²) in [6, 6.07) is 14.5. The predicted octanol–water partition coefficient (Wildman–Crippen LogP) is 3.48. The molecule has 1 fully saturated rings. The Balaban J connectivity index is 1.72. The van der Waals surface area contributed by atoms with E-state index in [0.717, 1.165) is 6.42 Å². The van der Waals surface area contributed by atoms with Gasteiger partial charge in [0.15, 0.2) is 0 Å². The summed E-state index contributed by atoms with van der Waals surface area (Å²) in [6.07, 6.45) is 1.03. The lowest BCUT2D eigenvalue weighted by atomic mass is 9.94. The van der Waals surface area contributed by atoms with Crippen LogP contribution in [-0.2, 0) is 10.0 Å². The van der Waals surface area contributed by atoms with Crippen molar-refractivity contribution in [2.75, 3.05) is 18.4 Å². The van der Waals surface area contributed by atoms with Gasteiger partial charge in [-0.2, -0.15) is 9.57 Å². The van der Waals surface area contributed by atoms with E-state index in [2.05, 4.69) is 19.2 Å². The van der Waals surface area contributed by atoms with E-state index in [1.807, 2.05) is 6.07 Å². The second kappa shape index (κ2) is 8.13. The van der Waals surface area contributed by atoms with Crippen molar-refractivity contribution in [3.05, 3.63) is 59.7 Å². The summed E-state index contributed by atoms with van der Waals surface area (Å²) in [7, 11) is -3.54. The fourth-order valence-corrected chi connectivity index (χ4v) is 5.24.